The van der Waals surface area contributed by atoms with Crippen LogP contribution in [0.1, 0.15) is 29.3 Å². The first kappa shape index (κ1) is 12.6. The quantitative estimate of drug-likeness (QED) is 0.815. The minimum atomic E-state index is -0.0212. The predicted molar refractivity (Wildman–Crippen MR) is 62.3 cm³/mol. The molecule has 1 N–H and O–H groups in total. The molecule has 0 fully saturated rings. The van der Waals surface area contributed by atoms with Gasteiger partial charge in [0.1, 0.15) is 0 Å². The van der Waals surface area contributed by atoms with E-state index in [2.05, 4.69) is 4.98 Å². The Bertz CT molecular complexity index is 353. The molecule has 0 saturated heterocycles. The fourth-order valence-corrected chi connectivity index (χ4v) is 1.52. The van der Waals surface area contributed by atoms with Crippen molar-refractivity contribution in [1.29, 1.82) is 0 Å². The van der Waals surface area contributed by atoms with Crippen LogP contribution in [0.2, 0.25) is 0 Å². The van der Waals surface area contributed by atoms with Crippen molar-refractivity contribution in [3.63, 3.8) is 0 Å². The van der Waals surface area contributed by atoms with Crippen LogP contribution >= 0.6 is 0 Å². The van der Waals surface area contributed by atoms with Crippen LogP contribution < -0.4 is 0 Å². The van der Waals surface area contributed by atoms with Crippen LogP contribution in [-0.2, 0) is 0 Å². The molecule has 0 saturated carbocycles. The van der Waals surface area contributed by atoms with Gasteiger partial charge >= 0.3 is 0 Å². The largest absolute Gasteiger partial charge is 0.396 e. The third-order valence-corrected chi connectivity index (χ3v) is 2.38. The fraction of sp³-hybridized carbons (Fsp3) is 0.500. The highest BCUT2D eigenvalue weighted by Gasteiger charge is 2.13. The molecule has 0 radical (unpaired) electrons. The molecule has 88 valence electrons. The van der Waals surface area contributed by atoms with Crippen LogP contribution in [0.4, 0.5) is 0 Å². The number of aryl methyl sites for hydroxylation is 1. The second kappa shape index (κ2) is 6.23. The van der Waals surface area contributed by atoms with Gasteiger partial charge in [0.05, 0.1) is 5.56 Å². The Morgan fingerprint density at radius 2 is 2.25 bits per heavy atom. The van der Waals surface area contributed by atoms with Gasteiger partial charge in [-0.2, -0.15) is 0 Å². The SMILES string of the molecule is CCN(CCCO)C(=O)c1cncc(C)c1. The first-order valence-corrected chi connectivity index (χ1v) is 5.50. The van der Waals surface area contributed by atoms with E-state index < -0.39 is 0 Å². The number of carbonyl (C=O) groups is 1. The zero-order valence-corrected chi connectivity index (χ0v) is 9.81. The molecule has 0 unspecified atom stereocenters. The molecular formula is C12H18N2O2. The summed E-state index contributed by atoms with van der Waals surface area (Å²) in [6, 6.07) is 1.83. The van der Waals surface area contributed by atoms with E-state index in [1.165, 1.54) is 0 Å². The molecule has 1 amide bonds. The molecule has 4 nitrogen and oxygen atoms in total. The smallest absolute Gasteiger partial charge is 0.255 e. The molecule has 16 heavy (non-hydrogen) atoms. The van der Waals surface area contributed by atoms with Crippen molar-refractivity contribution >= 4 is 5.91 Å². The summed E-state index contributed by atoms with van der Waals surface area (Å²) in [6.07, 6.45) is 3.91. The Morgan fingerprint density at radius 3 is 2.81 bits per heavy atom. The molecule has 1 aromatic heterocycles. The summed E-state index contributed by atoms with van der Waals surface area (Å²) >= 11 is 0. The van der Waals surface area contributed by atoms with Crippen LogP contribution in [0.3, 0.4) is 0 Å². The maximum atomic E-state index is 12.0. The highest BCUT2D eigenvalue weighted by molar-refractivity contribution is 5.94. The van der Waals surface area contributed by atoms with E-state index in [9.17, 15) is 4.79 Å². The van der Waals surface area contributed by atoms with E-state index in [1.54, 1.807) is 17.3 Å². The molecule has 1 aromatic rings. The Balaban J connectivity index is 2.74. The second-order valence-electron chi connectivity index (χ2n) is 3.71. The Labute approximate surface area is 95.9 Å². The molecule has 0 aromatic carbocycles. The lowest BCUT2D eigenvalue weighted by Crippen LogP contribution is -2.32. The predicted octanol–water partition coefficient (Wildman–Crippen LogP) is 1.23. The molecule has 0 bridgehead atoms. The minimum absolute atomic E-state index is 0.0212. The monoisotopic (exact) mass is 222 g/mol. The normalized spacial score (nSPS) is 10.2. The average molecular weight is 222 g/mol. The molecule has 1 heterocycles. The Morgan fingerprint density at radius 1 is 1.50 bits per heavy atom. The Kier molecular flexibility index (Phi) is 4.92. The van der Waals surface area contributed by atoms with Gasteiger partial charge < -0.3 is 10.0 Å². The van der Waals surface area contributed by atoms with Crippen LogP contribution in [0.15, 0.2) is 18.5 Å². The zero-order chi connectivity index (χ0) is 12.0. The molecule has 0 aliphatic carbocycles. The van der Waals surface area contributed by atoms with E-state index in [0.717, 1.165) is 5.56 Å². The van der Waals surface area contributed by atoms with Crippen molar-refractivity contribution in [3.05, 3.63) is 29.6 Å². The summed E-state index contributed by atoms with van der Waals surface area (Å²) in [5, 5.41) is 8.76. The lowest BCUT2D eigenvalue weighted by molar-refractivity contribution is 0.0753. The van der Waals surface area contributed by atoms with Gasteiger partial charge in [0, 0.05) is 32.1 Å². The molecular weight excluding hydrogens is 204 g/mol. The van der Waals surface area contributed by atoms with Crippen molar-refractivity contribution in [2.24, 2.45) is 0 Å². The molecule has 1 rings (SSSR count). The molecule has 0 aliphatic rings. The number of carbonyl (C=O) groups excluding carboxylic acids is 1. The topological polar surface area (TPSA) is 53.4 Å². The average Bonchev–Trinajstić information content (AvgIpc) is 2.29. The number of hydrogen-bond donors (Lipinski definition) is 1. The van der Waals surface area contributed by atoms with Crippen LogP contribution in [0.5, 0.6) is 0 Å². The summed E-state index contributed by atoms with van der Waals surface area (Å²) in [5.41, 5.74) is 1.59. The van der Waals surface area contributed by atoms with Crippen molar-refractivity contribution < 1.29 is 9.90 Å². The van der Waals surface area contributed by atoms with Gasteiger partial charge in [-0.05, 0) is 31.9 Å². The lowest BCUT2D eigenvalue weighted by Gasteiger charge is -2.20. The van der Waals surface area contributed by atoms with Crippen molar-refractivity contribution in [2.45, 2.75) is 20.3 Å². The van der Waals surface area contributed by atoms with Gasteiger partial charge in [0.25, 0.3) is 5.91 Å². The van der Waals surface area contributed by atoms with Gasteiger partial charge in [-0.1, -0.05) is 0 Å². The number of aliphatic hydroxyl groups is 1. The lowest BCUT2D eigenvalue weighted by atomic mass is 10.2. The van der Waals surface area contributed by atoms with Crippen LogP contribution in [0, 0.1) is 6.92 Å². The minimum Gasteiger partial charge on any atom is -0.396 e. The first-order valence-electron chi connectivity index (χ1n) is 5.50. The standard InChI is InChI=1S/C12H18N2O2/c1-3-14(5-4-6-15)12(16)11-7-10(2)8-13-9-11/h7-9,15H,3-6H2,1-2H3. The van der Waals surface area contributed by atoms with Crippen molar-refractivity contribution in [1.82, 2.24) is 9.88 Å². The van der Waals surface area contributed by atoms with Gasteiger partial charge in [0.2, 0.25) is 0 Å². The fourth-order valence-electron chi connectivity index (χ4n) is 1.52. The maximum Gasteiger partial charge on any atom is 0.255 e. The van der Waals surface area contributed by atoms with E-state index in [4.69, 9.17) is 5.11 Å². The summed E-state index contributed by atoms with van der Waals surface area (Å²) < 4.78 is 0. The number of aliphatic hydroxyl groups excluding tert-OH is 1. The highest BCUT2D eigenvalue weighted by atomic mass is 16.3. The van der Waals surface area contributed by atoms with Crippen LogP contribution in [-0.4, -0.2) is 40.6 Å². The third kappa shape index (κ3) is 3.31. The number of hydrogen-bond acceptors (Lipinski definition) is 3. The highest BCUT2D eigenvalue weighted by Crippen LogP contribution is 2.06. The number of aromatic nitrogens is 1. The third-order valence-electron chi connectivity index (χ3n) is 2.38. The Hall–Kier alpha value is -1.42. The summed E-state index contributed by atoms with van der Waals surface area (Å²) in [6.45, 7) is 5.18. The molecule has 0 atom stereocenters. The summed E-state index contributed by atoms with van der Waals surface area (Å²) in [4.78, 5) is 17.8. The van der Waals surface area contributed by atoms with Crippen LogP contribution in [0.25, 0.3) is 0 Å². The summed E-state index contributed by atoms with van der Waals surface area (Å²) in [7, 11) is 0. The van der Waals surface area contributed by atoms with E-state index in [-0.39, 0.29) is 12.5 Å². The van der Waals surface area contributed by atoms with Crippen molar-refractivity contribution in [3.8, 4) is 0 Å². The summed E-state index contributed by atoms with van der Waals surface area (Å²) in [5.74, 6) is -0.0212. The second-order valence-corrected chi connectivity index (χ2v) is 3.71. The molecule has 0 aliphatic heterocycles. The number of rotatable bonds is 5. The van der Waals surface area contributed by atoms with Gasteiger partial charge in [0.15, 0.2) is 0 Å². The van der Waals surface area contributed by atoms with E-state index in [1.807, 2.05) is 19.9 Å². The van der Waals surface area contributed by atoms with Gasteiger partial charge in [-0.15, -0.1) is 0 Å². The van der Waals surface area contributed by atoms with E-state index in [0.29, 0.717) is 25.1 Å². The van der Waals surface area contributed by atoms with Gasteiger partial charge in [-0.25, -0.2) is 0 Å². The maximum absolute atomic E-state index is 12.0. The van der Waals surface area contributed by atoms with E-state index >= 15 is 0 Å². The molecule has 0 spiro atoms. The molecule has 4 heteroatoms. The number of pyridine rings is 1. The number of amides is 1. The van der Waals surface area contributed by atoms with Gasteiger partial charge in [-0.3, -0.25) is 9.78 Å². The van der Waals surface area contributed by atoms with Crippen molar-refractivity contribution in [2.75, 3.05) is 19.7 Å². The number of nitrogens with zero attached hydrogens (tertiary/aromatic N) is 2. The zero-order valence-electron chi connectivity index (χ0n) is 9.81. The first-order chi connectivity index (χ1) is 7.69.